The van der Waals surface area contributed by atoms with Crippen molar-refractivity contribution in [3.8, 4) is 0 Å². The second-order valence-electron chi connectivity index (χ2n) is 7.43. The van der Waals surface area contributed by atoms with Crippen LogP contribution in [0.2, 0.25) is 0 Å². The molecule has 1 fully saturated rings. The summed E-state index contributed by atoms with van der Waals surface area (Å²) in [5, 5.41) is 10.6. The Morgan fingerprint density at radius 2 is 2.23 bits per heavy atom. The van der Waals surface area contributed by atoms with Crippen LogP contribution in [0.4, 0.5) is 14.9 Å². The summed E-state index contributed by atoms with van der Waals surface area (Å²) in [5.74, 6) is -0.277. The van der Waals surface area contributed by atoms with Crippen LogP contribution in [-0.2, 0) is 11.3 Å². The molecule has 0 aliphatic carbocycles. The van der Waals surface area contributed by atoms with Gasteiger partial charge in [0.25, 0.3) is 0 Å². The minimum absolute atomic E-state index is 0.0799. The van der Waals surface area contributed by atoms with Gasteiger partial charge in [0.15, 0.2) is 0 Å². The number of aromatic nitrogens is 3. The van der Waals surface area contributed by atoms with E-state index in [2.05, 4.69) is 15.6 Å². The number of carbonyl (C=O) groups is 1. The van der Waals surface area contributed by atoms with Crippen LogP contribution in [0.3, 0.4) is 0 Å². The van der Waals surface area contributed by atoms with Gasteiger partial charge >= 0.3 is 6.09 Å². The van der Waals surface area contributed by atoms with Crippen LogP contribution in [0, 0.1) is 5.82 Å². The molecule has 1 atom stereocenters. The maximum absolute atomic E-state index is 14.5. The van der Waals surface area contributed by atoms with Crippen molar-refractivity contribution in [1.82, 2.24) is 20.3 Å². The molecule has 1 aliphatic heterocycles. The van der Waals surface area contributed by atoms with Gasteiger partial charge in [-0.2, -0.15) is 0 Å². The van der Waals surface area contributed by atoms with Crippen molar-refractivity contribution < 1.29 is 13.9 Å². The minimum atomic E-state index is -0.543. The van der Waals surface area contributed by atoms with Gasteiger partial charge in [-0.05, 0) is 38.8 Å². The summed E-state index contributed by atoms with van der Waals surface area (Å²) in [6.07, 6.45) is 3.62. The number of alkyl carbamates (subject to hydrolysis) is 1. The zero-order valence-electron chi connectivity index (χ0n) is 15.3. The second-order valence-corrected chi connectivity index (χ2v) is 7.43. The summed E-state index contributed by atoms with van der Waals surface area (Å²) in [5.41, 5.74) is 0.837. The van der Waals surface area contributed by atoms with E-state index in [4.69, 9.17) is 4.74 Å². The molecular formula is C18H24FN5O2. The van der Waals surface area contributed by atoms with E-state index >= 15 is 0 Å². The first-order chi connectivity index (χ1) is 12.3. The van der Waals surface area contributed by atoms with Gasteiger partial charge in [0.1, 0.15) is 11.4 Å². The molecule has 0 bridgehead atoms. The summed E-state index contributed by atoms with van der Waals surface area (Å²) < 4.78 is 21.5. The molecule has 0 radical (unpaired) electrons. The van der Waals surface area contributed by atoms with Crippen molar-refractivity contribution in [2.75, 3.05) is 18.0 Å². The fourth-order valence-corrected chi connectivity index (χ4v) is 3.09. The van der Waals surface area contributed by atoms with Crippen molar-refractivity contribution in [2.45, 2.75) is 45.4 Å². The SMILES string of the molecule is CC(C)(C)OC(=O)N[C@@H]1CCN(c2c(F)cccc2Cn2ccnn2)C1. The Kier molecular flexibility index (Phi) is 5.11. The lowest BCUT2D eigenvalue weighted by atomic mass is 10.1. The third kappa shape index (κ3) is 4.50. The van der Waals surface area contributed by atoms with Gasteiger partial charge < -0.3 is 15.0 Å². The molecule has 1 amide bonds. The smallest absolute Gasteiger partial charge is 0.407 e. The van der Waals surface area contributed by atoms with Crippen molar-refractivity contribution in [3.63, 3.8) is 0 Å². The third-order valence-corrected chi connectivity index (χ3v) is 4.10. The largest absolute Gasteiger partial charge is 0.444 e. The number of anilines is 1. The lowest BCUT2D eigenvalue weighted by Gasteiger charge is -2.24. The molecule has 8 heteroatoms. The zero-order chi connectivity index (χ0) is 18.7. The molecule has 1 saturated heterocycles. The third-order valence-electron chi connectivity index (χ3n) is 4.10. The monoisotopic (exact) mass is 361 g/mol. The number of amides is 1. The molecule has 0 spiro atoms. The topological polar surface area (TPSA) is 72.3 Å². The van der Waals surface area contributed by atoms with Crippen LogP contribution in [0.1, 0.15) is 32.8 Å². The van der Waals surface area contributed by atoms with E-state index in [0.717, 1.165) is 12.0 Å². The summed E-state index contributed by atoms with van der Waals surface area (Å²) in [7, 11) is 0. The highest BCUT2D eigenvalue weighted by Gasteiger charge is 2.28. The highest BCUT2D eigenvalue weighted by Crippen LogP contribution is 2.28. The molecule has 1 aromatic carbocycles. The van der Waals surface area contributed by atoms with Crippen LogP contribution in [0.15, 0.2) is 30.6 Å². The van der Waals surface area contributed by atoms with Gasteiger partial charge in [0, 0.05) is 19.3 Å². The standard InChI is InChI=1S/C18H24FN5O2/c1-18(2,3)26-17(25)21-14-7-9-23(12-14)16-13(5-4-6-15(16)19)11-24-10-8-20-22-24/h4-6,8,10,14H,7,9,11-12H2,1-3H3,(H,21,25)/t14-/m1/s1. The van der Waals surface area contributed by atoms with Gasteiger partial charge in [-0.3, -0.25) is 0 Å². The zero-order valence-corrected chi connectivity index (χ0v) is 15.3. The van der Waals surface area contributed by atoms with Gasteiger partial charge in [0.05, 0.1) is 24.5 Å². The van der Waals surface area contributed by atoms with Crippen molar-refractivity contribution >= 4 is 11.8 Å². The Morgan fingerprint density at radius 3 is 2.92 bits per heavy atom. The summed E-state index contributed by atoms with van der Waals surface area (Å²) in [6, 6.07) is 4.95. The molecule has 2 heterocycles. The molecule has 140 valence electrons. The summed E-state index contributed by atoms with van der Waals surface area (Å²) in [6.45, 7) is 7.10. The van der Waals surface area contributed by atoms with Gasteiger partial charge in [0.2, 0.25) is 0 Å². The van der Waals surface area contributed by atoms with E-state index in [9.17, 15) is 9.18 Å². The van der Waals surface area contributed by atoms with Crippen LogP contribution in [0.25, 0.3) is 0 Å². The fraction of sp³-hybridized carbons (Fsp3) is 0.500. The summed E-state index contributed by atoms with van der Waals surface area (Å²) in [4.78, 5) is 13.9. The maximum Gasteiger partial charge on any atom is 0.407 e. The Bertz CT molecular complexity index is 757. The molecular weight excluding hydrogens is 337 g/mol. The molecule has 1 aromatic heterocycles. The van der Waals surface area contributed by atoms with Crippen LogP contribution < -0.4 is 10.2 Å². The minimum Gasteiger partial charge on any atom is -0.444 e. The Labute approximate surface area is 152 Å². The number of para-hydroxylation sites is 1. The van der Waals surface area contributed by atoms with E-state index in [-0.39, 0.29) is 11.9 Å². The van der Waals surface area contributed by atoms with Crippen molar-refractivity contribution in [3.05, 3.63) is 42.0 Å². The first-order valence-corrected chi connectivity index (χ1v) is 8.68. The van der Waals surface area contributed by atoms with E-state index in [0.29, 0.717) is 25.3 Å². The fourth-order valence-electron chi connectivity index (χ4n) is 3.09. The Hall–Kier alpha value is -2.64. The highest BCUT2D eigenvalue weighted by molar-refractivity contribution is 5.68. The lowest BCUT2D eigenvalue weighted by molar-refractivity contribution is 0.0509. The van der Waals surface area contributed by atoms with Crippen LogP contribution in [0.5, 0.6) is 0 Å². The number of nitrogens with one attached hydrogen (secondary N) is 1. The van der Waals surface area contributed by atoms with Crippen LogP contribution in [-0.4, -0.2) is 45.8 Å². The molecule has 3 rings (SSSR count). The first kappa shape index (κ1) is 18.2. The molecule has 1 aliphatic rings. The number of rotatable bonds is 4. The van der Waals surface area contributed by atoms with Crippen LogP contribution >= 0.6 is 0 Å². The molecule has 0 saturated carbocycles. The molecule has 2 aromatic rings. The Balaban J connectivity index is 1.69. The molecule has 7 nitrogen and oxygen atoms in total. The van der Waals surface area contributed by atoms with Gasteiger partial charge in [-0.1, -0.05) is 17.3 Å². The van der Waals surface area contributed by atoms with E-state index in [1.165, 1.54) is 6.07 Å². The van der Waals surface area contributed by atoms with E-state index in [1.54, 1.807) is 23.1 Å². The average Bonchev–Trinajstić information content (AvgIpc) is 3.17. The second kappa shape index (κ2) is 7.31. The molecule has 0 unspecified atom stereocenters. The number of ether oxygens (including phenoxy) is 1. The van der Waals surface area contributed by atoms with E-state index < -0.39 is 11.7 Å². The van der Waals surface area contributed by atoms with Crippen molar-refractivity contribution in [1.29, 1.82) is 0 Å². The number of nitrogens with zero attached hydrogens (tertiary/aromatic N) is 4. The van der Waals surface area contributed by atoms with Gasteiger partial charge in [-0.15, -0.1) is 5.10 Å². The highest BCUT2D eigenvalue weighted by atomic mass is 19.1. The average molecular weight is 361 g/mol. The number of hydrogen-bond donors (Lipinski definition) is 1. The summed E-state index contributed by atoms with van der Waals surface area (Å²) >= 11 is 0. The van der Waals surface area contributed by atoms with Gasteiger partial charge in [-0.25, -0.2) is 13.9 Å². The molecule has 26 heavy (non-hydrogen) atoms. The first-order valence-electron chi connectivity index (χ1n) is 8.68. The number of hydrogen-bond acceptors (Lipinski definition) is 5. The predicted molar refractivity (Wildman–Crippen MR) is 95.5 cm³/mol. The van der Waals surface area contributed by atoms with E-state index in [1.807, 2.05) is 31.7 Å². The Morgan fingerprint density at radius 1 is 1.42 bits per heavy atom. The number of carbonyl (C=O) groups excluding carboxylic acids is 1. The normalized spacial score (nSPS) is 17.4. The number of benzene rings is 1. The maximum atomic E-state index is 14.5. The lowest BCUT2D eigenvalue weighted by Crippen LogP contribution is -2.40. The molecule has 1 N–H and O–H groups in total. The van der Waals surface area contributed by atoms with Crippen molar-refractivity contribution in [2.24, 2.45) is 0 Å². The number of halogens is 1. The predicted octanol–water partition coefficient (Wildman–Crippen LogP) is 2.57. The quantitative estimate of drug-likeness (QED) is 0.906.